The molecule has 0 amide bonds. The lowest BCUT2D eigenvalue weighted by atomic mass is 10.3. The summed E-state index contributed by atoms with van der Waals surface area (Å²) in [5.74, 6) is 1.60. The Hall–Kier alpha value is -0.830. The SMILES string of the molecule is CCCCCS(=O)c1ccc(OC(C)C)cc1. The van der Waals surface area contributed by atoms with Crippen molar-refractivity contribution in [3.05, 3.63) is 24.3 Å². The largest absolute Gasteiger partial charge is 0.491 e. The lowest BCUT2D eigenvalue weighted by Crippen LogP contribution is -2.05. The number of ether oxygens (including phenoxy) is 1. The molecule has 0 saturated heterocycles. The van der Waals surface area contributed by atoms with Crippen molar-refractivity contribution >= 4 is 10.8 Å². The van der Waals surface area contributed by atoms with Crippen molar-refractivity contribution in [3.8, 4) is 5.75 Å². The van der Waals surface area contributed by atoms with Gasteiger partial charge in [0.1, 0.15) is 5.75 Å². The molecule has 0 heterocycles. The zero-order valence-corrected chi connectivity index (χ0v) is 11.8. The molecule has 2 nitrogen and oxygen atoms in total. The van der Waals surface area contributed by atoms with Gasteiger partial charge in [0.05, 0.1) is 16.9 Å². The molecule has 0 aliphatic rings. The quantitative estimate of drug-likeness (QED) is 0.692. The van der Waals surface area contributed by atoms with Crippen LogP contribution >= 0.6 is 0 Å². The third-order valence-electron chi connectivity index (χ3n) is 2.39. The van der Waals surface area contributed by atoms with E-state index >= 15 is 0 Å². The molecule has 0 aliphatic heterocycles. The van der Waals surface area contributed by atoms with Gasteiger partial charge in [-0.05, 0) is 44.5 Å². The van der Waals surface area contributed by atoms with Crippen molar-refractivity contribution < 1.29 is 8.95 Å². The standard InChI is InChI=1S/C14H22O2S/c1-4-5-6-11-17(15)14-9-7-13(8-10-14)16-12(2)3/h7-10,12H,4-6,11H2,1-3H3. The Kier molecular flexibility index (Phi) is 6.27. The molecule has 0 aromatic heterocycles. The minimum absolute atomic E-state index is 0.177. The van der Waals surface area contributed by atoms with E-state index in [4.69, 9.17) is 4.74 Å². The molecular weight excluding hydrogens is 232 g/mol. The molecule has 1 unspecified atom stereocenters. The highest BCUT2D eigenvalue weighted by Crippen LogP contribution is 2.16. The fraction of sp³-hybridized carbons (Fsp3) is 0.571. The summed E-state index contributed by atoms with van der Waals surface area (Å²) in [6, 6.07) is 7.60. The van der Waals surface area contributed by atoms with Gasteiger partial charge in [-0.25, -0.2) is 0 Å². The van der Waals surface area contributed by atoms with Crippen LogP contribution in [0.4, 0.5) is 0 Å². The van der Waals surface area contributed by atoms with Crippen LogP contribution in [0.15, 0.2) is 29.2 Å². The molecule has 0 saturated carbocycles. The predicted molar refractivity (Wildman–Crippen MR) is 73.0 cm³/mol. The minimum Gasteiger partial charge on any atom is -0.491 e. The Bertz CT molecular complexity index is 344. The summed E-state index contributed by atoms with van der Waals surface area (Å²) in [6.45, 7) is 6.15. The molecule has 0 aliphatic carbocycles. The van der Waals surface area contributed by atoms with Crippen LogP contribution in [0.3, 0.4) is 0 Å². The first kappa shape index (κ1) is 14.2. The molecule has 0 spiro atoms. The molecule has 0 N–H and O–H groups in total. The van der Waals surface area contributed by atoms with Gasteiger partial charge in [-0.3, -0.25) is 4.21 Å². The van der Waals surface area contributed by atoms with Crippen LogP contribution in [0.2, 0.25) is 0 Å². The van der Waals surface area contributed by atoms with E-state index in [1.54, 1.807) is 0 Å². The highest BCUT2D eigenvalue weighted by Gasteiger charge is 2.04. The fourth-order valence-corrected chi connectivity index (χ4v) is 2.68. The molecule has 1 aromatic rings. The van der Waals surface area contributed by atoms with Gasteiger partial charge in [0, 0.05) is 10.6 Å². The zero-order chi connectivity index (χ0) is 12.7. The molecule has 1 atom stereocenters. The molecule has 1 rings (SSSR count). The average Bonchev–Trinajstić information content (AvgIpc) is 2.29. The van der Waals surface area contributed by atoms with E-state index in [9.17, 15) is 4.21 Å². The lowest BCUT2D eigenvalue weighted by Gasteiger charge is -2.09. The van der Waals surface area contributed by atoms with Gasteiger partial charge >= 0.3 is 0 Å². The lowest BCUT2D eigenvalue weighted by molar-refractivity contribution is 0.242. The van der Waals surface area contributed by atoms with Gasteiger partial charge in [0.25, 0.3) is 0 Å². The van der Waals surface area contributed by atoms with Crippen molar-refractivity contribution in [1.29, 1.82) is 0 Å². The molecular formula is C14H22O2S. The van der Waals surface area contributed by atoms with E-state index < -0.39 is 10.8 Å². The molecule has 17 heavy (non-hydrogen) atoms. The normalized spacial score (nSPS) is 12.7. The Morgan fingerprint density at radius 3 is 2.35 bits per heavy atom. The number of benzene rings is 1. The number of rotatable bonds is 7. The third-order valence-corrected chi connectivity index (χ3v) is 3.85. The molecule has 96 valence electrons. The van der Waals surface area contributed by atoms with Crippen LogP contribution in [0.1, 0.15) is 40.0 Å². The highest BCUT2D eigenvalue weighted by atomic mass is 32.2. The summed E-state index contributed by atoms with van der Waals surface area (Å²) in [4.78, 5) is 0.900. The maximum atomic E-state index is 11.9. The van der Waals surface area contributed by atoms with Gasteiger partial charge in [-0.15, -0.1) is 0 Å². The predicted octanol–water partition coefficient (Wildman–Crippen LogP) is 3.77. The van der Waals surface area contributed by atoms with Crippen LogP contribution in [-0.2, 0) is 10.8 Å². The highest BCUT2D eigenvalue weighted by molar-refractivity contribution is 7.85. The number of hydrogen-bond donors (Lipinski definition) is 0. The Balaban J connectivity index is 2.52. The second-order valence-corrected chi connectivity index (χ2v) is 5.97. The van der Waals surface area contributed by atoms with Crippen molar-refractivity contribution in [1.82, 2.24) is 0 Å². The smallest absolute Gasteiger partial charge is 0.119 e. The van der Waals surface area contributed by atoms with Gasteiger partial charge in [-0.1, -0.05) is 19.8 Å². The van der Waals surface area contributed by atoms with E-state index in [-0.39, 0.29) is 6.10 Å². The third kappa shape index (κ3) is 5.35. The van der Waals surface area contributed by atoms with E-state index in [1.807, 2.05) is 38.1 Å². The van der Waals surface area contributed by atoms with E-state index in [1.165, 1.54) is 6.42 Å². The molecule has 0 fully saturated rings. The Morgan fingerprint density at radius 1 is 1.18 bits per heavy atom. The number of unbranched alkanes of at least 4 members (excludes halogenated alkanes) is 2. The second kappa shape index (κ2) is 7.49. The van der Waals surface area contributed by atoms with Crippen LogP contribution in [0.25, 0.3) is 0 Å². The topological polar surface area (TPSA) is 26.3 Å². The first-order valence-electron chi connectivity index (χ1n) is 6.28. The van der Waals surface area contributed by atoms with Crippen LogP contribution in [-0.4, -0.2) is 16.1 Å². The number of hydrogen-bond acceptors (Lipinski definition) is 2. The summed E-state index contributed by atoms with van der Waals surface area (Å²) in [7, 11) is -0.861. The van der Waals surface area contributed by atoms with Gasteiger partial charge in [-0.2, -0.15) is 0 Å². The van der Waals surface area contributed by atoms with Gasteiger partial charge < -0.3 is 4.74 Å². The summed E-state index contributed by atoms with van der Waals surface area (Å²) >= 11 is 0. The molecule has 1 aromatic carbocycles. The second-order valence-electron chi connectivity index (χ2n) is 4.39. The molecule has 0 radical (unpaired) electrons. The molecule has 0 bridgehead atoms. The van der Waals surface area contributed by atoms with Crippen molar-refractivity contribution in [2.45, 2.75) is 51.0 Å². The zero-order valence-electron chi connectivity index (χ0n) is 10.9. The maximum Gasteiger partial charge on any atom is 0.119 e. The molecule has 3 heteroatoms. The Labute approximate surface area is 107 Å². The fourth-order valence-electron chi connectivity index (χ4n) is 1.54. The summed E-state index contributed by atoms with van der Waals surface area (Å²) in [5.41, 5.74) is 0. The van der Waals surface area contributed by atoms with Crippen LogP contribution < -0.4 is 4.74 Å². The van der Waals surface area contributed by atoms with Crippen LogP contribution in [0, 0.1) is 0 Å². The van der Waals surface area contributed by atoms with Crippen molar-refractivity contribution in [3.63, 3.8) is 0 Å². The average molecular weight is 254 g/mol. The van der Waals surface area contributed by atoms with Gasteiger partial charge in [0.15, 0.2) is 0 Å². The van der Waals surface area contributed by atoms with Gasteiger partial charge in [0.2, 0.25) is 0 Å². The first-order valence-corrected chi connectivity index (χ1v) is 7.60. The summed E-state index contributed by atoms with van der Waals surface area (Å²) < 4.78 is 17.5. The van der Waals surface area contributed by atoms with E-state index in [0.717, 1.165) is 29.2 Å². The maximum absolute atomic E-state index is 11.9. The van der Waals surface area contributed by atoms with Crippen molar-refractivity contribution in [2.24, 2.45) is 0 Å². The first-order chi connectivity index (χ1) is 8.13. The van der Waals surface area contributed by atoms with E-state index in [0.29, 0.717) is 0 Å². The van der Waals surface area contributed by atoms with Crippen molar-refractivity contribution in [2.75, 3.05) is 5.75 Å². The minimum atomic E-state index is -0.861. The monoisotopic (exact) mass is 254 g/mol. The van der Waals surface area contributed by atoms with Crippen LogP contribution in [0.5, 0.6) is 5.75 Å². The summed E-state index contributed by atoms with van der Waals surface area (Å²) in [6.07, 6.45) is 3.53. The van der Waals surface area contributed by atoms with E-state index in [2.05, 4.69) is 6.92 Å². The summed E-state index contributed by atoms with van der Waals surface area (Å²) in [5, 5.41) is 0. The Morgan fingerprint density at radius 2 is 1.82 bits per heavy atom.